The van der Waals surface area contributed by atoms with Gasteiger partial charge in [0.05, 0.1) is 22.8 Å². The molecule has 0 spiro atoms. The van der Waals surface area contributed by atoms with Crippen molar-refractivity contribution in [3.63, 3.8) is 0 Å². The zero-order valence-electron chi connectivity index (χ0n) is 17.6. The molecule has 0 radical (unpaired) electrons. The summed E-state index contributed by atoms with van der Waals surface area (Å²) < 4.78 is 21.8. The Morgan fingerprint density at radius 2 is 2.16 bits per heavy atom. The molecular weight excluding hydrogens is 403 g/mol. The van der Waals surface area contributed by atoms with Crippen LogP contribution in [0.5, 0.6) is 5.75 Å². The SMILES string of the molecule is CCC1C(COc2cccc3cc(C(N)=O)c4nc(C(C)(C)O)cn4c23)NC(=O)C1F. The predicted octanol–water partition coefficient (Wildman–Crippen LogP) is 2.06. The molecule has 9 heteroatoms. The standard InChI is InChI=1S/C22H25FN4O4/c1-4-12-14(25-21(29)17(12)23)10-31-15-7-5-6-11-8-13(19(24)28)20-26-16(22(2,3)30)9-27(20)18(11)15/h5-9,12,14,17,30H,4,10H2,1-3H3,(H2,24,28)(H,25,29). The predicted molar refractivity (Wildman–Crippen MR) is 113 cm³/mol. The van der Waals surface area contributed by atoms with Gasteiger partial charge in [-0.25, -0.2) is 9.37 Å². The molecule has 0 aliphatic carbocycles. The van der Waals surface area contributed by atoms with E-state index in [9.17, 15) is 19.1 Å². The van der Waals surface area contributed by atoms with Gasteiger partial charge in [-0.05, 0) is 32.4 Å². The second-order valence-electron chi connectivity index (χ2n) is 8.39. The lowest BCUT2D eigenvalue weighted by molar-refractivity contribution is -0.123. The van der Waals surface area contributed by atoms with E-state index in [1.54, 1.807) is 42.6 Å². The number of nitrogens with zero attached hydrogens (tertiary/aromatic N) is 2. The Bertz CT molecular complexity index is 1180. The first-order chi connectivity index (χ1) is 14.6. The van der Waals surface area contributed by atoms with Gasteiger partial charge in [0.2, 0.25) is 0 Å². The van der Waals surface area contributed by atoms with Crippen LogP contribution in [0.4, 0.5) is 4.39 Å². The molecule has 0 saturated carbocycles. The summed E-state index contributed by atoms with van der Waals surface area (Å²) in [7, 11) is 0. The molecule has 4 rings (SSSR count). The molecule has 2 amide bonds. The minimum atomic E-state index is -1.54. The monoisotopic (exact) mass is 428 g/mol. The second kappa shape index (κ2) is 7.49. The third-order valence-electron chi connectivity index (χ3n) is 5.77. The number of hydrogen-bond acceptors (Lipinski definition) is 5. The van der Waals surface area contributed by atoms with E-state index in [2.05, 4.69) is 10.3 Å². The normalized spacial score (nSPS) is 21.6. The maximum absolute atomic E-state index is 14.1. The lowest BCUT2D eigenvalue weighted by atomic mass is 9.97. The van der Waals surface area contributed by atoms with Crippen molar-refractivity contribution in [2.75, 3.05) is 6.61 Å². The number of carbonyl (C=O) groups excluding carboxylic acids is 2. The summed E-state index contributed by atoms with van der Waals surface area (Å²) in [5.41, 5.74) is 5.84. The lowest BCUT2D eigenvalue weighted by Crippen LogP contribution is -2.34. The van der Waals surface area contributed by atoms with Crippen molar-refractivity contribution in [3.8, 4) is 5.75 Å². The number of rotatable bonds is 6. The number of benzene rings is 1. The molecule has 3 aromatic rings. The summed E-state index contributed by atoms with van der Waals surface area (Å²) in [6, 6.07) is 6.51. The molecular formula is C22H25FN4O4. The van der Waals surface area contributed by atoms with Crippen LogP contribution in [0.25, 0.3) is 16.6 Å². The van der Waals surface area contributed by atoms with Crippen molar-refractivity contribution in [1.82, 2.24) is 14.7 Å². The molecule has 1 aliphatic rings. The topological polar surface area (TPSA) is 119 Å². The zero-order chi connectivity index (χ0) is 22.5. The Morgan fingerprint density at radius 1 is 1.42 bits per heavy atom. The number of para-hydroxylation sites is 1. The number of ether oxygens (including phenoxy) is 1. The zero-order valence-corrected chi connectivity index (χ0v) is 17.6. The number of aliphatic hydroxyl groups is 1. The fourth-order valence-corrected chi connectivity index (χ4v) is 4.07. The summed E-state index contributed by atoms with van der Waals surface area (Å²) in [4.78, 5) is 28.2. The van der Waals surface area contributed by atoms with Crippen molar-refractivity contribution in [1.29, 1.82) is 0 Å². The summed E-state index contributed by atoms with van der Waals surface area (Å²) in [6.07, 6.45) is 0.603. The minimum Gasteiger partial charge on any atom is -0.489 e. The number of aromatic nitrogens is 2. The quantitative estimate of drug-likeness (QED) is 0.555. The Morgan fingerprint density at radius 3 is 2.81 bits per heavy atom. The summed E-state index contributed by atoms with van der Waals surface area (Å²) in [5.74, 6) is -1.24. The van der Waals surface area contributed by atoms with Gasteiger partial charge in [-0.3, -0.25) is 14.0 Å². The van der Waals surface area contributed by atoms with E-state index in [1.807, 2.05) is 13.0 Å². The number of halogens is 1. The van der Waals surface area contributed by atoms with Crippen LogP contribution in [-0.2, 0) is 10.4 Å². The van der Waals surface area contributed by atoms with E-state index in [0.717, 1.165) is 0 Å². The van der Waals surface area contributed by atoms with Gasteiger partial charge in [-0.2, -0.15) is 0 Å². The van der Waals surface area contributed by atoms with Gasteiger partial charge >= 0.3 is 0 Å². The van der Waals surface area contributed by atoms with E-state index >= 15 is 0 Å². The van der Waals surface area contributed by atoms with Crippen molar-refractivity contribution >= 4 is 28.4 Å². The van der Waals surface area contributed by atoms with Gasteiger partial charge in [0.15, 0.2) is 11.8 Å². The van der Waals surface area contributed by atoms with E-state index in [-0.39, 0.29) is 12.2 Å². The molecule has 3 unspecified atom stereocenters. The van der Waals surface area contributed by atoms with Crippen LogP contribution < -0.4 is 15.8 Å². The smallest absolute Gasteiger partial charge is 0.255 e. The average Bonchev–Trinajstić information content (AvgIpc) is 3.27. The molecule has 31 heavy (non-hydrogen) atoms. The van der Waals surface area contributed by atoms with E-state index in [4.69, 9.17) is 10.5 Å². The number of nitrogens with two attached hydrogens (primary N) is 1. The van der Waals surface area contributed by atoms with Gasteiger partial charge in [-0.15, -0.1) is 0 Å². The number of nitrogens with one attached hydrogen (secondary N) is 1. The molecule has 4 N–H and O–H groups in total. The van der Waals surface area contributed by atoms with Crippen LogP contribution in [0.2, 0.25) is 0 Å². The fraction of sp³-hybridized carbons (Fsp3) is 0.409. The highest BCUT2D eigenvalue weighted by Gasteiger charge is 2.41. The van der Waals surface area contributed by atoms with Crippen molar-refractivity contribution in [2.24, 2.45) is 11.7 Å². The molecule has 164 valence electrons. The first-order valence-electron chi connectivity index (χ1n) is 10.2. The Balaban J connectivity index is 1.81. The number of hydrogen-bond donors (Lipinski definition) is 3. The Hall–Kier alpha value is -3.20. The Labute approximate surface area is 178 Å². The minimum absolute atomic E-state index is 0.0931. The third-order valence-corrected chi connectivity index (χ3v) is 5.77. The second-order valence-corrected chi connectivity index (χ2v) is 8.39. The maximum Gasteiger partial charge on any atom is 0.255 e. The molecule has 2 aromatic heterocycles. The number of amides is 2. The van der Waals surface area contributed by atoms with Crippen LogP contribution in [0.1, 0.15) is 43.2 Å². The average molecular weight is 428 g/mol. The molecule has 1 fully saturated rings. The van der Waals surface area contributed by atoms with Gasteiger partial charge in [0, 0.05) is 17.5 Å². The highest BCUT2D eigenvalue weighted by Crippen LogP contribution is 2.32. The first-order valence-corrected chi connectivity index (χ1v) is 10.2. The number of primary amides is 1. The first kappa shape index (κ1) is 21.0. The highest BCUT2D eigenvalue weighted by molar-refractivity contribution is 6.03. The van der Waals surface area contributed by atoms with Crippen molar-refractivity contribution in [2.45, 2.75) is 45.0 Å². The largest absolute Gasteiger partial charge is 0.489 e. The third kappa shape index (κ3) is 3.59. The maximum atomic E-state index is 14.1. The number of alkyl halides is 1. The van der Waals surface area contributed by atoms with Crippen LogP contribution in [0.15, 0.2) is 30.5 Å². The van der Waals surface area contributed by atoms with Crippen molar-refractivity contribution < 1.29 is 23.8 Å². The molecule has 1 aromatic carbocycles. The van der Waals surface area contributed by atoms with E-state index in [1.165, 1.54) is 0 Å². The number of carbonyl (C=O) groups is 2. The highest BCUT2D eigenvalue weighted by atomic mass is 19.1. The van der Waals surface area contributed by atoms with Gasteiger partial charge in [0.25, 0.3) is 11.8 Å². The Kier molecular flexibility index (Phi) is 5.09. The summed E-state index contributed by atoms with van der Waals surface area (Å²) >= 11 is 0. The molecule has 3 atom stereocenters. The summed E-state index contributed by atoms with van der Waals surface area (Å²) in [6.45, 7) is 5.12. The molecule has 8 nitrogen and oxygen atoms in total. The van der Waals surface area contributed by atoms with Crippen molar-refractivity contribution in [3.05, 3.63) is 41.7 Å². The van der Waals surface area contributed by atoms with E-state index < -0.39 is 35.5 Å². The molecule has 1 saturated heterocycles. The number of imidazole rings is 1. The van der Waals surface area contributed by atoms with Gasteiger partial charge in [-0.1, -0.05) is 19.1 Å². The van der Waals surface area contributed by atoms with Gasteiger partial charge in [0.1, 0.15) is 18.0 Å². The van der Waals surface area contributed by atoms with Gasteiger partial charge < -0.3 is 20.9 Å². The molecule has 0 bridgehead atoms. The fourth-order valence-electron chi connectivity index (χ4n) is 4.07. The number of pyridine rings is 1. The van der Waals surface area contributed by atoms with Crippen LogP contribution in [-0.4, -0.2) is 45.1 Å². The van der Waals surface area contributed by atoms with Crippen LogP contribution >= 0.6 is 0 Å². The number of fused-ring (bicyclic) bond motifs is 3. The lowest BCUT2D eigenvalue weighted by Gasteiger charge is -2.19. The molecule has 3 heterocycles. The molecule has 1 aliphatic heterocycles. The summed E-state index contributed by atoms with van der Waals surface area (Å²) in [5, 5.41) is 13.8. The van der Waals surface area contributed by atoms with E-state index in [0.29, 0.717) is 34.4 Å². The van der Waals surface area contributed by atoms with Crippen LogP contribution in [0, 0.1) is 5.92 Å². The van der Waals surface area contributed by atoms with Crippen LogP contribution in [0.3, 0.4) is 0 Å².